The molecule has 0 amide bonds. The van der Waals surface area contributed by atoms with Crippen molar-refractivity contribution >= 4 is 40.1 Å². The highest BCUT2D eigenvalue weighted by Crippen LogP contribution is 2.43. The molecule has 0 aliphatic carbocycles. The van der Waals surface area contributed by atoms with Crippen LogP contribution in [0.4, 0.5) is 13.2 Å². The van der Waals surface area contributed by atoms with E-state index in [0.29, 0.717) is 22.1 Å². The number of allylic oxidation sites excluding steroid dienone is 1. The Kier molecular flexibility index (Phi) is 9.11. The van der Waals surface area contributed by atoms with Crippen molar-refractivity contribution in [2.75, 3.05) is 13.7 Å². The van der Waals surface area contributed by atoms with Crippen LogP contribution in [0.2, 0.25) is 0 Å². The Balaban J connectivity index is 1.45. The number of carbonyl (C=O) groups is 2. The number of halogens is 3. The summed E-state index contributed by atoms with van der Waals surface area (Å²) in [4.78, 5) is 42.2. The van der Waals surface area contributed by atoms with E-state index in [1.807, 2.05) is 0 Å². The van der Waals surface area contributed by atoms with Crippen LogP contribution in [0.1, 0.15) is 40.0 Å². The molecule has 250 valence electrons. The van der Waals surface area contributed by atoms with Crippen LogP contribution in [-0.2, 0) is 16.1 Å². The summed E-state index contributed by atoms with van der Waals surface area (Å²) in [6.45, 7) is 1.46. The van der Waals surface area contributed by atoms with Crippen molar-refractivity contribution in [1.82, 2.24) is 4.57 Å². The van der Waals surface area contributed by atoms with Gasteiger partial charge in [0.15, 0.2) is 10.5 Å². The molecule has 0 spiro atoms. The maximum absolute atomic E-state index is 14.7. The standard InChI is InChI=1S/C36H27F3N2O7S/c1-3-47-34(45)29-30(28-25-7-5-4-6-22(25)14-17-26(28)46-2)41-32(42)27(49-35(41)40-31(29)36(37,38)39)18-20-10-15-24(16-11-20)48-19-21-8-12-23(13-9-21)33(43)44/h4-18,30H,3,19H2,1-2H3,(H,43,44)/b27-18+/t30-/m1/s1. The number of hydrogen-bond donors (Lipinski definition) is 1. The number of fused-ring (bicyclic) bond motifs is 2. The molecule has 1 N–H and O–H groups in total. The van der Waals surface area contributed by atoms with Gasteiger partial charge in [-0.15, -0.1) is 0 Å². The summed E-state index contributed by atoms with van der Waals surface area (Å²) in [5, 5.41) is 10.2. The van der Waals surface area contributed by atoms with Gasteiger partial charge in [-0.05, 0) is 65.2 Å². The highest BCUT2D eigenvalue weighted by atomic mass is 32.1. The topological polar surface area (TPSA) is 116 Å². The zero-order valence-corrected chi connectivity index (χ0v) is 26.8. The lowest BCUT2D eigenvalue weighted by molar-refractivity contribution is -0.140. The monoisotopic (exact) mass is 688 g/mol. The first-order valence-corrected chi connectivity index (χ1v) is 15.7. The molecule has 4 aromatic carbocycles. The van der Waals surface area contributed by atoms with Crippen molar-refractivity contribution in [3.05, 3.63) is 138 Å². The zero-order valence-electron chi connectivity index (χ0n) is 26.0. The van der Waals surface area contributed by atoms with Gasteiger partial charge in [-0.25, -0.2) is 14.6 Å². The smallest absolute Gasteiger partial charge is 0.434 e. The van der Waals surface area contributed by atoms with Gasteiger partial charge in [-0.3, -0.25) is 9.36 Å². The number of esters is 1. The van der Waals surface area contributed by atoms with Crippen molar-refractivity contribution in [2.24, 2.45) is 4.99 Å². The number of carbonyl (C=O) groups excluding carboxylic acids is 1. The van der Waals surface area contributed by atoms with Crippen LogP contribution in [0.15, 0.2) is 106 Å². The highest BCUT2D eigenvalue weighted by molar-refractivity contribution is 7.07. The lowest BCUT2D eigenvalue weighted by atomic mass is 9.90. The number of alkyl halides is 3. The Morgan fingerprint density at radius 2 is 1.71 bits per heavy atom. The molecule has 0 fully saturated rings. The number of benzene rings is 4. The fraction of sp³-hybridized carbons (Fsp3) is 0.167. The van der Waals surface area contributed by atoms with E-state index >= 15 is 0 Å². The summed E-state index contributed by atoms with van der Waals surface area (Å²) < 4.78 is 61.7. The second kappa shape index (κ2) is 13.4. The van der Waals surface area contributed by atoms with E-state index < -0.39 is 41.0 Å². The van der Waals surface area contributed by atoms with Crippen LogP contribution < -0.4 is 24.4 Å². The van der Waals surface area contributed by atoms with E-state index in [9.17, 15) is 27.6 Å². The summed E-state index contributed by atoms with van der Waals surface area (Å²) >= 11 is 0.764. The van der Waals surface area contributed by atoms with E-state index in [1.54, 1.807) is 72.8 Å². The Bertz CT molecular complexity index is 2290. The third-order valence-corrected chi connectivity index (χ3v) is 8.79. The number of thiazole rings is 1. The van der Waals surface area contributed by atoms with Crippen molar-refractivity contribution in [2.45, 2.75) is 25.7 Å². The third kappa shape index (κ3) is 6.57. The van der Waals surface area contributed by atoms with E-state index in [1.165, 1.54) is 32.2 Å². The van der Waals surface area contributed by atoms with Crippen molar-refractivity contribution < 1.29 is 42.1 Å². The second-order valence-electron chi connectivity index (χ2n) is 10.8. The molecule has 49 heavy (non-hydrogen) atoms. The van der Waals surface area contributed by atoms with Gasteiger partial charge < -0.3 is 19.3 Å². The lowest BCUT2D eigenvalue weighted by Gasteiger charge is -2.28. The van der Waals surface area contributed by atoms with Crippen LogP contribution in [0.25, 0.3) is 16.8 Å². The molecule has 1 atom stereocenters. The number of methoxy groups -OCH3 is 1. The van der Waals surface area contributed by atoms with Gasteiger partial charge in [-0.2, -0.15) is 13.2 Å². The number of carboxylic acids is 1. The predicted molar refractivity (Wildman–Crippen MR) is 175 cm³/mol. The fourth-order valence-corrected chi connectivity index (χ4v) is 6.57. The van der Waals surface area contributed by atoms with Crippen LogP contribution >= 0.6 is 11.3 Å². The molecule has 0 saturated carbocycles. The van der Waals surface area contributed by atoms with Gasteiger partial charge in [-0.1, -0.05) is 65.9 Å². The van der Waals surface area contributed by atoms with Gasteiger partial charge in [0.25, 0.3) is 5.56 Å². The van der Waals surface area contributed by atoms with Crippen molar-refractivity contribution in [1.29, 1.82) is 0 Å². The minimum absolute atomic E-state index is 0.0850. The quantitative estimate of drug-likeness (QED) is 0.195. The van der Waals surface area contributed by atoms with Crippen LogP contribution in [0.3, 0.4) is 0 Å². The molecule has 0 bridgehead atoms. The molecule has 6 rings (SSSR count). The fourth-order valence-electron chi connectivity index (χ4n) is 5.57. The summed E-state index contributed by atoms with van der Waals surface area (Å²) in [6.07, 6.45) is -3.53. The Labute approximate surface area is 280 Å². The third-order valence-electron chi connectivity index (χ3n) is 7.80. The molecule has 2 heterocycles. The van der Waals surface area contributed by atoms with E-state index in [4.69, 9.17) is 19.3 Å². The van der Waals surface area contributed by atoms with Crippen LogP contribution in [0.5, 0.6) is 11.5 Å². The average Bonchev–Trinajstić information content (AvgIpc) is 3.40. The highest BCUT2D eigenvalue weighted by Gasteiger charge is 2.46. The minimum Gasteiger partial charge on any atom is -0.496 e. The van der Waals surface area contributed by atoms with Gasteiger partial charge >= 0.3 is 18.1 Å². The van der Waals surface area contributed by atoms with Crippen molar-refractivity contribution in [3.8, 4) is 11.5 Å². The molecule has 9 nitrogen and oxygen atoms in total. The molecule has 13 heteroatoms. The van der Waals surface area contributed by atoms with E-state index in [-0.39, 0.29) is 39.4 Å². The first-order valence-electron chi connectivity index (χ1n) is 14.9. The first-order chi connectivity index (χ1) is 23.5. The number of nitrogens with zero attached hydrogens (tertiary/aromatic N) is 2. The number of carboxylic acid groups (broad SMARTS) is 1. The molecule has 0 saturated heterocycles. The molecule has 1 aliphatic heterocycles. The molecule has 0 unspecified atom stereocenters. The zero-order chi connectivity index (χ0) is 34.9. The first kappa shape index (κ1) is 33.2. The molecule has 5 aromatic rings. The molecule has 0 radical (unpaired) electrons. The molecular weight excluding hydrogens is 661 g/mol. The SMILES string of the molecule is CCOC(=O)C1=C(C(F)(F)F)N=c2s/c(=C/c3ccc(OCc4ccc(C(=O)O)cc4)cc3)c(=O)n2[C@@H]1c1c(OC)ccc2ccccc12. The average molecular weight is 689 g/mol. The maximum Gasteiger partial charge on any atom is 0.434 e. The van der Waals surface area contributed by atoms with E-state index in [0.717, 1.165) is 21.5 Å². The number of hydrogen-bond acceptors (Lipinski definition) is 8. The predicted octanol–water partition coefficient (Wildman–Crippen LogP) is 5.78. The Morgan fingerprint density at radius 3 is 2.37 bits per heavy atom. The van der Waals surface area contributed by atoms with Gasteiger partial charge in [0.1, 0.15) is 24.1 Å². The van der Waals surface area contributed by atoms with Gasteiger partial charge in [0, 0.05) is 5.56 Å². The van der Waals surface area contributed by atoms with E-state index in [2.05, 4.69) is 4.99 Å². The van der Waals surface area contributed by atoms with Gasteiger partial charge in [0.05, 0.1) is 29.4 Å². The molecule has 1 aromatic heterocycles. The van der Waals surface area contributed by atoms with Crippen molar-refractivity contribution in [3.63, 3.8) is 0 Å². The van der Waals surface area contributed by atoms with Gasteiger partial charge in [0.2, 0.25) is 0 Å². The minimum atomic E-state index is -5.05. The Morgan fingerprint density at radius 1 is 1.00 bits per heavy atom. The number of aromatic nitrogens is 1. The van der Waals surface area contributed by atoms with Crippen LogP contribution in [-0.4, -0.2) is 41.5 Å². The second-order valence-corrected chi connectivity index (χ2v) is 11.8. The van der Waals surface area contributed by atoms with Crippen LogP contribution in [0, 0.1) is 0 Å². The summed E-state index contributed by atoms with van der Waals surface area (Å²) in [5.41, 5.74) is -1.26. The summed E-state index contributed by atoms with van der Waals surface area (Å²) in [6, 6.07) is 21.6. The summed E-state index contributed by atoms with van der Waals surface area (Å²) in [7, 11) is 1.36. The number of ether oxygens (including phenoxy) is 3. The molecular formula is C36H27F3N2O7S. The lowest BCUT2D eigenvalue weighted by Crippen LogP contribution is -2.41. The Hall–Kier alpha value is -5.69. The molecule has 1 aliphatic rings. The number of aromatic carboxylic acids is 1. The normalized spacial score (nSPS) is 14.7. The number of rotatable bonds is 9. The maximum atomic E-state index is 14.7. The summed E-state index contributed by atoms with van der Waals surface area (Å²) in [5.74, 6) is -1.60. The largest absolute Gasteiger partial charge is 0.496 e.